The maximum absolute atomic E-state index is 14.6. The molecule has 168 valence electrons. The van der Waals surface area contributed by atoms with E-state index < -0.39 is 0 Å². The highest BCUT2D eigenvalue weighted by molar-refractivity contribution is 5.92. The summed E-state index contributed by atoms with van der Waals surface area (Å²) in [5.74, 6) is 1.47. The molecule has 8 heteroatoms. The lowest BCUT2D eigenvalue weighted by molar-refractivity contribution is 0.553. The van der Waals surface area contributed by atoms with Gasteiger partial charge in [0.05, 0.1) is 6.20 Å². The molecule has 5 aromatic rings. The van der Waals surface area contributed by atoms with Gasteiger partial charge in [-0.2, -0.15) is 5.10 Å². The number of nitrogens with one attached hydrogen (secondary N) is 1. The van der Waals surface area contributed by atoms with Crippen LogP contribution in [0.2, 0.25) is 0 Å². The number of H-pyrrole nitrogens is 1. The number of hydrogen-bond donors (Lipinski definition) is 2. The van der Waals surface area contributed by atoms with Gasteiger partial charge in [-0.3, -0.25) is 10.1 Å². The van der Waals surface area contributed by atoms with Crippen LogP contribution >= 0.6 is 0 Å². The minimum Gasteiger partial charge on any atom is -0.355 e. The van der Waals surface area contributed by atoms with E-state index in [2.05, 4.69) is 49.3 Å². The summed E-state index contributed by atoms with van der Waals surface area (Å²) in [7, 11) is 0. The van der Waals surface area contributed by atoms with E-state index in [-0.39, 0.29) is 11.2 Å². The van der Waals surface area contributed by atoms with Gasteiger partial charge in [-0.05, 0) is 35.6 Å². The van der Waals surface area contributed by atoms with Gasteiger partial charge in [-0.25, -0.2) is 14.4 Å². The SMILES string of the molecule is NC[C@@]1(c2ccccc2)[C@@H]2CN(c3cnc4c(-c5cc(F)c6ncccc6c5)n[nH]c4n3)C[C@@H]21. The van der Waals surface area contributed by atoms with Crippen molar-refractivity contribution in [2.75, 3.05) is 24.5 Å². The van der Waals surface area contributed by atoms with E-state index >= 15 is 0 Å². The fourth-order valence-electron chi connectivity index (χ4n) is 5.95. The molecule has 7 rings (SSSR count). The Morgan fingerprint density at radius 1 is 1.03 bits per heavy atom. The van der Waals surface area contributed by atoms with Crippen LogP contribution in [0.25, 0.3) is 33.3 Å². The predicted octanol–water partition coefficient (Wildman–Crippen LogP) is 3.67. The smallest absolute Gasteiger partial charge is 0.177 e. The van der Waals surface area contributed by atoms with Crippen molar-refractivity contribution in [2.45, 2.75) is 5.41 Å². The number of aromatic nitrogens is 5. The molecular formula is C26H22FN7. The van der Waals surface area contributed by atoms with Crippen molar-refractivity contribution in [3.8, 4) is 11.3 Å². The summed E-state index contributed by atoms with van der Waals surface area (Å²) in [4.78, 5) is 15.9. The van der Waals surface area contributed by atoms with Crippen LogP contribution in [0.5, 0.6) is 0 Å². The predicted molar refractivity (Wildman–Crippen MR) is 129 cm³/mol. The first-order valence-corrected chi connectivity index (χ1v) is 11.5. The number of piperidine rings is 1. The number of benzene rings is 2. The zero-order chi connectivity index (χ0) is 22.9. The molecule has 7 nitrogen and oxygen atoms in total. The van der Waals surface area contributed by atoms with Gasteiger partial charge in [-0.1, -0.05) is 36.4 Å². The number of hydrogen-bond acceptors (Lipinski definition) is 6. The van der Waals surface area contributed by atoms with Gasteiger partial charge < -0.3 is 10.6 Å². The number of rotatable bonds is 4. The Balaban J connectivity index is 1.18. The largest absolute Gasteiger partial charge is 0.355 e. The van der Waals surface area contributed by atoms with Crippen LogP contribution in [0.1, 0.15) is 5.56 Å². The molecule has 2 fully saturated rings. The molecule has 2 aromatic carbocycles. The monoisotopic (exact) mass is 451 g/mol. The number of nitrogens with two attached hydrogens (primary N) is 1. The second kappa shape index (κ2) is 7.04. The third-order valence-corrected chi connectivity index (χ3v) is 7.70. The van der Waals surface area contributed by atoms with Gasteiger partial charge in [0.1, 0.15) is 28.4 Å². The summed E-state index contributed by atoms with van der Waals surface area (Å²) >= 11 is 0. The van der Waals surface area contributed by atoms with Gasteiger partial charge in [-0.15, -0.1) is 0 Å². The average molecular weight is 452 g/mol. The van der Waals surface area contributed by atoms with Crippen molar-refractivity contribution < 1.29 is 4.39 Å². The van der Waals surface area contributed by atoms with Crippen molar-refractivity contribution >= 4 is 27.9 Å². The Morgan fingerprint density at radius 3 is 2.65 bits per heavy atom. The topological polar surface area (TPSA) is 96.6 Å². The molecule has 4 heterocycles. The van der Waals surface area contributed by atoms with E-state index in [1.807, 2.05) is 18.2 Å². The van der Waals surface area contributed by atoms with Gasteiger partial charge in [0.15, 0.2) is 5.65 Å². The zero-order valence-electron chi connectivity index (χ0n) is 18.3. The first kappa shape index (κ1) is 19.5. The molecule has 3 N–H and O–H groups in total. The van der Waals surface area contributed by atoms with Crippen LogP contribution in [0.3, 0.4) is 0 Å². The molecule has 0 spiro atoms. The molecule has 1 saturated carbocycles. The fraction of sp³-hybridized carbons (Fsp3) is 0.231. The molecule has 1 aliphatic carbocycles. The summed E-state index contributed by atoms with van der Waals surface area (Å²) in [6, 6.07) is 17.6. The molecule has 34 heavy (non-hydrogen) atoms. The Bertz CT molecular complexity index is 1540. The molecule has 2 aliphatic rings. The van der Waals surface area contributed by atoms with Crippen molar-refractivity contribution in [1.29, 1.82) is 0 Å². The minimum absolute atomic E-state index is 0.0749. The van der Waals surface area contributed by atoms with Crippen LogP contribution in [-0.2, 0) is 5.41 Å². The van der Waals surface area contributed by atoms with Crippen molar-refractivity contribution in [2.24, 2.45) is 17.6 Å². The highest BCUT2D eigenvalue weighted by Crippen LogP contribution is 2.63. The fourth-order valence-corrected chi connectivity index (χ4v) is 5.95. The maximum Gasteiger partial charge on any atom is 0.177 e. The zero-order valence-corrected chi connectivity index (χ0v) is 18.3. The lowest BCUT2D eigenvalue weighted by atomic mass is 9.90. The number of aromatic amines is 1. The van der Waals surface area contributed by atoms with E-state index in [1.54, 1.807) is 18.5 Å². The van der Waals surface area contributed by atoms with Crippen LogP contribution in [0.4, 0.5) is 10.2 Å². The number of pyridine rings is 1. The van der Waals surface area contributed by atoms with Crippen LogP contribution in [0.15, 0.2) is 67.0 Å². The van der Waals surface area contributed by atoms with E-state index in [0.717, 1.165) is 24.3 Å². The molecule has 0 radical (unpaired) electrons. The highest BCUT2D eigenvalue weighted by atomic mass is 19.1. The van der Waals surface area contributed by atoms with Crippen LogP contribution in [0, 0.1) is 17.7 Å². The Morgan fingerprint density at radius 2 is 1.85 bits per heavy atom. The standard InChI is InChI=1S/C26H22FN7/c27-20-10-16(9-15-5-4-8-29-22(15)20)23-24-25(33-32-23)31-21(11-30-24)34-12-18-19(13-34)26(18,14-28)17-6-2-1-3-7-17/h1-11,18-19H,12-14,28H2,(H,31,32,33)/t18-,19+,26-. The number of nitrogens with zero attached hydrogens (tertiary/aromatic N) is 5. The van der Waals surface area contributed by atoms with Crippen LogP contribution in [-0.4, -0.2) is 44.8 Å². The van der Waals surface area contributed by atoms with Gasteiger partial charge in [0.2, 0.25) is 0 Å². The Kier molecular flexibility index (Phi) is 4.05. The first-order chi connectivity index (χ1) is 16.7. The molecule has 1 aliphatic heterocycles. The lowest BCUT2D eigenvalue weighted by Crippen LogP contribution is -2.35. The molecule has 0 amide bonds. The van der Waals surface area contributed by atoms with Crippen molar-refractivity contribution in [1.82, 2.24) is 25.1 Å². The normalized spacial score (nSPS) is 23.5. The molecule has 0 bridgehead atoms. The average Bonchev–Trinajstić information content (AvgIpc) is 3.20. The van der Waals surface area contributed by atoms with E-state index in [4.69, 9.17) is 10.7 Å². The third-order valence-electron chi connectivity index (χ3n) is 7.70. The summed E-state index contributed by atoms with van der Waals surface area (Å²) in [5.41, 5.74) is 10.5. The van der Waals surface area contributed by atoms with Gasteiger partial charge in [0.25, 0.3) is 0 Å². The number of fused-ring (bicyclic) bond motifs is 3. The van der Waals surface area contributed by atoms with E-state index in [0.29, 0.717) is 46.3 Å². The van der Waals surface area contributed by atoms with E-state index in [1.165, 1.54) is 11.6 Å². The molecule has 0 unspecified atom stereocenters. The Labute approximate surface area is 194 Å². The molecule has 1 saturated heterocycles. The molecule has 3 atom stereocenters. The van der Waals surface area contributed by atoms with Gasteiger partial charge in [0, 0.05) is 42.2 Å². The molecular weight excluding hydrogens is 429 g/mol. The lowest BCUT2D eigenvalue weighted by Gasteiger charge is -2.26. The van der Waals surface area contributed by atoms with Crippen molar-refractivity contribution in [3.05, 3.63) is 78.4 Å². The third kappa shape index (κ3) is 2.66. The minimum atomic E-state index is -0.382. The highest BCUT2D eigenvalue weighted by Gasteiger charge is 2.68. The number of anilines is 1. The summed E-state index contributed by atoms with van der Waals surface area (Å²) in [5, 5.41) is 8.11. The Hall–Kier alpha value is -3.91. The van der Waals surface area contributed by atoms with Crippen LogP contribution < -0.4 is 10.6 Å². The summed E-state index contributed by atoms with van der Waals surface area (Å²) in [6.45, 7) is 2.47. The summed E-state index contributed by atoms with van der Waals surface area (Å²) in [6.07, 6.45) is 3.37. The van der Waals surface area contributed by atoms with E-state index in [9.17, 15) is 4.39 Å². The summed E-state index contributed by atoms with van der Waals surface area (Å²) < 4.78 is 14.6. The second-order valence-corrected chi connectivity index (χ2v) is 9.26. The van der Waals surface area contributed by atoms with Gasteiger partial charge >= 0.3 is 0 Å². The maximum atomic E-state index is 14.6. The molecule has 3 aromatic heterocycles. The second-order valence-electron chi connectivity index (χ2n) is 9.26. The quantitative estimate of drug-likeness (QED) is 0.433. The first-order valence-electron chi connectivity index (χ1n) is 11.5. The van der Waals surface area contributed by atoms with Crippen molar-refractivity contribution in [3.63, 3.8) is 0 Å². The number of halogens is 1.